The highest BCUT2D eigenvalue weighted by Gasteiger charge is 2.23. The molecule has 2 atom stereocenters. The molecule has 0 amide bonds. The Labute approximate surface area is 114 Å². The molecule has 0 saturated heterocycles. The highest BCUT2D eigenvalue weighted by molar-refractivity contribution is 4.80. The number of unbranched alkanes of at least 4 members (excludes halogenated alkanes) is 2. The molecule has 2 heteroatoms. The van der Waals surface area contributed by atoms with Crippen molar-refractivity contribution in [3.8, 4) is 0 Å². The number of rotatable bonds is 7. The average Bonchev–Trinajstić information content (AvgIpc) is 2.53. The molecular formula is C16H34N2. The fraction of sp³-hybridized carbons (Fsp3) is 1.00. The monoisotopic (exact) mass is 254 g/mol. The van der Waals surface area contributed by atoms with Gasteiger partial charge in [0.25, 0.3) is 0 Å². The zero-order valence-electron chi connectivity index (χ0n) is 12.8. The summed E-state index contributed by atoms with van der Waals surface area (Å²) in [4.78, 5) is 2.66. The third-order valence-corrected chi connectivity index (χ3v) is 4.47. The van der Waals surface area contributed by atoms with Gasteiger partial charge in [0.1, 0.15) is 0 Å². The van der Waals surface area contributed by atoms with Crippen LogP contribution in [0.3, 0.4) is 0 Å². The largest absolute Gasteiger partial charge is 0.327 e. The minimum Gasteiger partial charge on any atom is -0.327 e. The van der Waals surface area contributed by atoms with Crippen LogP contribution >= 0.6 is 0 Å². The lowest BCUT2D eigenvalue weighted by Gasteiger charge is -2.32. The summed E-state index contributed by atoms with van der Waals surface area (Å²) in [5, 5.41) is 0. The molecule has 1 aliphatic rings. The lowest BCUT2D eigenvalue weighted by atomic mass is 9.94. The van der Waals surface area contributed by atoms with Crippen molar-refractivity contribution in [1.29, 1.82) is 0 Å². The Morgan fingerprint density at radius 2 is 1.83 bits per heavy atom. The molecule has 2 nitrogen and oxygen atoms in total. The first-order chi connectivity index (χ1) is 8.65. The predicted octanol–water partition coefficient (Wildman–Crippen LogP) is 3.79. The van der Waals surface area contributed by atoms with E-state index in [9.17, 15) is 0 Å². The highest BCUT2D eigenvalue weighted by atomic mass is 15.1. The molecule has 0 radical (unpaired) electrons. The Balaban J connectivity index is 2.42. The van der Waals surface area contributed by atoms with Crippen LogP contribution in [0.15, 0.2) is 0 Å². The quantitative estimate of drug-likeness (QED) is 0.553. The third kappa shape index (κ3) is 5.71. The first-order valence-corrected chi connectivity index (χ1v) is 8.14. The van der Waals surface area contributed by atoms with Gasteiger partial charge in [0, 0.05) is 18.6 Å². The van der Waals surface area contributed by atoms with Crippen LogP contribution in [0.4, 0.5) is 0 Å². The molecule has 0 heterocycles. The summed E-state index contributed by atoms with van der Waals surface area (Å²) in [5.41, 5.74) is 6.36. The van der Waals surface area contributed by atoms with Gasteiger partial charge in [-0.15, -0.1) is 0 Å². The maximum atomic E-state index is 6.36. The van der Waals surface area contributed by atoms with Gasteiger partial charge in [0.05, 0.1) is 0 Å². The van der Waals surface area contributed by atoms with Crippen molar-refractivity contribution in [2.75, 3.05) is 13.1 Å². The lowest BCUT2D eigenvalue weighted by molar-refractivity contribution is 0.167. The summed E-state index contributed by atoms with van der Waals surface area (Å²) in [5.74, 6) is 0.733. The van der Waals surface area contributed by atoms with Gasteiger partial charge in [-0.05, 0) is 45.6 Å². The summed E-state index contributed by atoms with van der Waals surface area (Å²) in [6.07, 6.45) is 10.7. The Kier molecular flexibility index (Phi) is 7.92. The van der Waals surface area contributed by atoms with E-state index in [1.165, 1.54) is 64.5 Å². The Bertz CT molecular complexity index is 203. The number of hydrogen-bond acceptors (Lipinski definition) is 2. The van der Waals surface area contributed by atoms with Gasteiger partial charge >= 0.3 is 0 Å². The first-order valence-electron chi connectivity index (χ1n) is 8.14. The van der Waals surface area contributed by atoms with Gasteiger partial charge < -0.3 is 10.6 Å². The minimum absolute atomic E-state index is 0.444. The van der Waals surface area contributed by atoms with E-state index in [0.29, 0.717) is 12.1 Å². The summed E-state index contributed by atoms with van der Waals surface area (Å²) in [7, 11) is 0. The van der Waals surface area contributed by atoms with E-state index in [0.717, 1.165) is 5.92 Å². The van der Waals surface area contributed by atoms with E-state index in [-0.39, 0.29) is 0 Å². The Hall–Kier alpha value is -0.0800. The smallest absolute Gasteiger partial charge is 0.00793 e. The molecular weight excluding hydrogens is 220 g/mol. The van der Waals surface area contributed by atoms with E-state index < -0.39 is 0 Å². The summed E-state index contributed by atoms with van der Waals surface area (Å²) >= 11 is 0. The number of nitrogens with zero attached hydrogens (tertiary/aromatic N) is 1. The van der Waals surface area contributed by atoms with Gasteiger partial charge in [-0.2, -0.15) is 0 Å². The summed E-state index contributed by atoms with van der Waals surface area (Å²) < 4.78 is 0. The van der Waals surface area contributed by atoms with Crippen molar-refractivity contribution in [3.05, 3.63) is 0 Å². The summed E-state index contributed by atoms with van der Waals surface area (Å²) in [6, 6.07) is 1.11. The van der Waals surface area contributed by atoms with Crippen LogP contribution in [-0.2, 0) is 0 Å². The second-order valence-electron chi connectivity index (χ2n) is 6.36. The van der Waals surface area contributed by atoms with E-state index in [2.05, 4.69) is 25.7 Å². The van der Waals surface area contributed by atoms with Crippen molar-refractivity contribution in [2.45, 2.75) is 84.2 Å². The molecule has 2 unspecified atom stereocenters. The van der Waals surface area contributed by atoms with Gasteiger partial charge in [-0.25, -0.2) is 0 Å². The molecule has 1 rings (SSSR count). The van der Waals surface area contributed by atoms with Crippen molar-refractivity contribution >= 4 is 0 Å². The van der Waals surface area contributed by atoms with E-state index in [1.54, 1.807) is 0 Å². The fourth-order valence-electron chi connectivity index (χ4n) is 3.07. The predicted molar refractivity (Wildman–Crippen MR) is 80.8 cm³/mol. The van der Waals surface area contributed by atoms with Crippen molar-refractivity contribution in [3.63, 3.8) is 0 Å². The second kappa shape index (κ2) is 8.92. The normalized spacial score (nSPS) is 25.7. The van der Waals surface area contributed by atoms with Crippen LogP contribution in [0.2, 0.25) is 0 Å². The Morgan fingerprint density at radius 3 is 2.50 bits per heavy atom. The van der Waals surface area contributed by atoms with Crippen LogP contribution in [0.25, 0.3) is 0 Å². The zero-order valence-corrected chi connectivity index (χ0v) is 12.8. The van der Waals surface area contributed by atoms with Crippen molar-refractivity contribution in [1.82, 2.24) is 4.90 Å². The first kappa shape index (κ1) is 16.0. The van der Waals surface area contributed by atoms with Gasteiger partial charge in [0.15, 0.2) is 0 Å². The molecule has 0 aliphatic heterocycles. The molecule has 0 aromatic carbocycles. The van der Waals surface area contributed by atoms with E-state index >= 15 is 0 Å². The van der Waals surface area contributed by atoms with Crippen molar-refractivity contribution < 1.29 is 0 Å². The van der Waals surface area contributed by atoms with Gasteiger partial charge in [-0.3, -0.25) is 0 Å². The number of nitrogens with two attached hydrogens (primary N) is 1. The van der Waals surface area contributed by atoms with Crippen LogP contribution in [0, 0.1) is 5.92 Å². The molecule has 108 valence electrons. The lowest BCUT2D eigenvalue weighted by Crippen LogP contribution is -2.42. The van der Waals surface area contributed by atoms with E-state index in [1.807, 2.05) is 0 Å². The molecule has 1 saturated carbocycles. The molecule has 0 aromatic rings. The molecule has 2 N–H and O–H groups in total. The molecule has 0 aromatic heterocycles. The molecule has 1 aliphatic carbocycles. The van der Waals surface area contributed by atoms with Crippen LogP contribution in [-0.4, -0.2) is 30.1 Å². The maximum absolute atomic E-state index is 6.36. The molecule has 0 bridgehead atoms. The zero-order chi connectivity index (χ0) is 13.4. The second-order valence-corrected chi connectivity index (χ2v) is 6.36. The topological polar surface area (TPSA) is 29.3 Å². The SMILES string of the molecule is CCCCCN(CC1CCCCCC1N)C(C)C. The van der Waals surface area contributed by atoms with Crippen LogP contribution < -0.4 is 5.73 Å². The van der Waals surface area contributed by atoms with Gasteiger partial charge in [-0.1, -0.05) is 39.0 Å². The molecule has 0 spiro atoms. The van der Waals surface area contributed by atoms with Crippen molar-refractivity contribution in [2.24, 2.45) is 11.7 Å². The van der Waals surface area contributed by atoms with Crippen LogP contribution in [0.5, 0.6) is 0 Å². The summed E-state index contributed by atoms with van der Waals surface area (Å²) in [6.45, 7) is 9.42. The average molecular weight is 254 g/mol. The maximum Gasteiger partial charge on any atom is 0.00793 e. The van der Waals surface area contributed by atoms with E-state index in [4.69, 9.17) is 5.73 Å². The molecule has 18 heavy (non-hydrogen) atoms. The number of hydrogen-bond donors (Lipinski definition) is 1. The van der Waals surface area contributed by atoms with Crippen LogP contribution in [0.1, 0.15) is 72.1 Å². The highest BCUT2D eigenvalue weighted by Crippen LogP contribution is 2.23. The Morgan fingerprint density at radius 1 is 1.11 bits per heavy atom. The molecule has 1 fully saturated rings. The minimum atomic E-state index is 0.444. The fourth-order valence-corrected chi connectivity index (χ4v) is 3.07. The third-order valence-electron chi connectivity index (χ3n) is 4.47. The van der Waals surface area contributed by atoms with Gasteiger partial charge in [0.2, 0.25) is 0 Å². The standard InChI is InChI=1S/C16H34N2/c1-4-5-9-12-18(14(2)3)13-15-10-7-6-8-11-16(15)17/h14-16H,4-13,17H2,1-3H3.